The Labute approximate surface area is 106 Å². The van der Waals surface area contributed by atoms with Crippen LogP contribution in [0.1, 0.15) is 6.92 Å². The molecule has 0 aliphatic carbocycles. The molecular formula is C9H10F5NO3S. The number of benzene rings is 1. The van der Waals surface area contributed by atoms with Crippen LogP contribution in [-0.2, 0) is 10.1 Å². The Morgan fingerprint density at radius 1 is 0.947 bits per heavy atom. The standard InChI is InChI=1S/C8H6F5N.CH4O3S/c1-2-14-8-6(12)4(10)3(9)5(11)7(8)13;1-5(2,3)4/h14H,2H2,1H3;1H3,(H,2,3,4). The van der Waals surface area contributed by atoms with E-state index in [9.17, 15) is 30.4 Å². The van der Waals surface area contributed by atoms with Gasteiger partial charge in [0.25, 0.3) is 10.1 Å². The third-order valence-electron chi connectivity index (χ3n) is 1.56. The summed E-state index contributed by atoms with van der Waals surface area (Å²) in [6.45, 7) is 1.52. The molecule has 0 aliphatic rings. The molecule has 110 valence electrons. The Balaban J connectivity index is 0.000000555. The fraction of sp³-hybridized carbons (Fsp3) is 0.333. The van der Waals surface area contributed by atoms with Gasteiger partial charge in [0.05, 0.1) is 6.26 Å². The van der Waals surface area contributed by atoms with E-state index in [-0.39, 0.29) is 6.54 Å². The first-order valence-corrected chi connectivity index (χ1v) is 6.53. The van der Waals surface area contributed by atoms with Crippen LogP contribution < -0.4 is 5.32 Å². The van der Waals surface area contributed by atoms with Crippen LogP contribution in [0, 0.1) is 29.1 Å². The maximum Gasteiger partial charge on any atom is 0.261 e. The van der Waals surface area contributed by atoms with Crippen molar-refractivity contribution in [2.45, 2.75) is 6.92 Å². The molecule has 0 heterocycles. The van der Waals surface area contributed by atoms with Gasteiger partial charge in [-0.15, -0.1) is 0 Å². The molecule has 0 unspecified atom stereocenters. The average Bonchev–Trinajstić information content (AvgIpc) is 2.27. The monoisotopic (exact) mass is 307 g/mol. The maximum absolute atomic E-state index is 12.8. The lowest BCUT2D eigenvalue weighted by Crippen LogP contribution is -2.09. The van der Waals surface area contributed by atoms with E-state index in [1.807, 2.05) is 0 Å². The molecule has 0 amide bonds. The van der Waals surface area contributed by atoms with Crippen molar-refractivity contribution >= 4 is 15.8 Å². The van der Waals surface area contributed by atoms with E-state index >= 15 is 0 Å². The van der Waals surface area contributed by atoms with E-state index in [1.165, 1.54) is 6.92 Å². The van der Waals surface area contributed by atoms with Gasteiger partial charge in [-0.1, -0.05) is 0 Å². The van der Waals surface area contributed by atoms with Crippen molar-refractivity contribution in [1.29, 1.82) is 0 Å². The van der Waals surface area contributed by atoms with Gasteiger partial charge >= 0.3 is 0 Å². The highest BCUT2D eigenvalue weighted by Gasteiger charge is 2.24. The first-order chi connectivity index (χ1) is 8.50. The highest BCUT2D eigenvalue weighted by molar-refractivity contribution is 7.85. The van der Waals surface area contributed by atoms with E-state index < -0.39 is 44.9 Å². The normalized spacial score (nSPS) is 10.7. The molecule has 0 bridgehead atoms. The molecule has 0 saturated heterocycles. The Bertz CT molecular complexity index is 524. The number of hydrogen-bond acceptors (Lipinski definition) is 3. The molecule has 1 aromatic rings. The number of anilines is 1. The van der Waals surface area contributed by atoms with Gasteiger partial charge in [-0.3, -0.25) is 4.55 Å². The summed E-state index contributed by atoms with van der Waals surface area (Å²) >= 11 is 0. The van der Waals surface area contributed by atoms with E-state index in [4.69, 9.17) is 4.55 Å². The predicted octanol–water partition coefficient (Wildman–Crippen LogP) is 2.32. The van der Waals surface area contributed by atoms with Crippen molar-refractivity contribution in [2.24, 2.45) is 0 Å². The molecule has 1 rings (SSSR count). The predicted molar refractivity (Wildman–Crippen MR) is 57.9 cm³/mol. The zero-order chi connectivity index (χ0) is 15.4. The van der Waals surface area contributed by atoms with Crippen molar-refractivity contribution < 1.29 is 34.9 Å². The number of rotatable bonds is 2. The number of halogens is 5. The molecule has 0 aliphatic heterocycles. The molecule has 0 fully saturated rings. The summed E-state index contributed by atoms with van der Waals surface area (Å²) in [5.74, 6) is -9.73. The van der Waals surface area contributed by atoms with E-state index in [2.05, 4.69) is 5.32 Å². The molecule has 2 N–H and O–H groups in total. The second-order valence-corrected chi connectivity index (χ2v) is 4.67. The first-order valence-electron chi connectivity index (χ1n) is 4.68. The molecule has 0 atom stereocenters. The second-order valence-electron chi connectivity index (χ2n) is 3.21. The van der Waals surface area contributed by atoms with Crippen molar-refractivity contribution in [1.82, 2.24) is 0 Å². The van der Waals surface area contributed by atoms with Crippen LogP contribution in [0.4, 0.5) is 27.6 Å². The lowest BCUT2D eigenvalue weighted by atomic mass is 10.2. The van der Waals surface area contributed by atoms with Crippen LogP contribution in [0.25, 0.3) is 0 Å². The summed E-state index contributed by atoms with van der Waals surface area (Å²) in [6.07, 6.45) is 0.715. The SMILES string of the molecule is CCNc1c(F)c(F)c(F)c(F)c1F.CS(=O)(=O)O. The Morgan fingerprint density at radius 2 is 1.21 bits per heavy atom. The van der Waals surface area contributed by atoms with Crippen LogP contribution in [0.2, 0.25) is 0 Å². The van der Waals surface area contributed by atoms with Crippen LogP contribution in [0.3, 0.4) is 0 Å². The Hall–Kier alpha value is -1.42. The van der Waals surface area contributed by atoms with Crippen LogP contribution in [0.15, 0.2) is 0 Å². The summed E-state index contributed by atoms with van der Waals surface area (Å²) in [5.41, 5.74) is -0.996. The summed E-state index contributed by atoms with van der Waals surface area (Å²) in [5, 5.41) is 2.06. The fourth-order valence-electron chi connectivity index (χ4n) is 0.937. The van der Waals surface area contributed by atoms with Crippen LogP contribution >= 0.6 is 0 Å². The molecular weight excluding hydrogens is 297 g/mol. The molecule has 19 heavy (non-hydrogen) atoms. The largest absolute Gasteiger partial charge is 0.380 e. The fourth-order valence-corrected chi connectivity index (χ4v) is 0.937. The minimum Gasteiger partial charge on any atom is -0.380 e. The number of hydrogen-bond donors (Lipinski definition) is 2. The minimum atomic E-state index is -3.67. The highest BCUT2D eigenvalue weighted by atomic mass is 32.2. The summed E-state index contributed by atoms with van der Waals surface area (Å²) < 4.78 is 89.0. The average molecular weight is 307 g/mol. The molecule has 10 heteroatoms. The zero-order valence-electron chi connectivity index (χ0n) is 9.77. The van der Waals surface area contributed by atoms with Crippen molar-refractivity contribution in [2.75, 3.05) is 18.1 Å². The third-order valence-corrected chi connectivity index (χ3v) is 1.56. The van der Waals surface area contributed by atoms with Gasteiger partial charge in [0.15, 0.2) is 23.3 Å². The third kappa shape index (κ3) is 5.39. The second kappa shape index (κ2) is 6.66. The van der Waals surface area contributed by atoms with Crippen LogP contribution in [0.5, 0.6) is 0 Å². The zero-order valence-corrected chi connectivity index (χ0v) is 10.6. The van der Waals surface area contributed by atoms with Gasteiger partial charge in [0, 0.05) is 6.54 Å². The lowest BCUT2D eigenvalue weighted by molar-refractivity contribution is 0.381. The molecule has 0 saturated carbocycles. The van der Waals surface area contributed by atoms with Gasteiger partial charge < -0.3 is 5.32 Å². The molecule has 0 aromatic heterocycles. The lowest BCUT2D eigenvalue weighted by Gasteiger charge is -2.08. The minimum absolute atomic E-state index is 0.0539. The van der Waals surface area contributed by atoms with E-state index in [0.29, 0.717) is 6.26 Å². The van der Waals surface area contributed by atoms with Crippen LogP contribution in [-0.4, -0.2) is 25.8 Å². The molecule has 4 nitrogen and oxygen atoms in total. The summed E-state index contributed by atoms with van der Waals surface area (Å²) in [4.78, 5) is 0. The maximum atomic E-state index is 12.8. The first kappa shape index (κ1) is 17.6. The van der Waals surface area contributed by atoms with E-state index in [0.717, 1.165) is 0 Å². The highest BCUT2D eigenvalue weighted by Crippen LogP contribution is 2.26. The molecule has 0 radical (unpaired) electrons. The van der Waals surface area contributed by atoms with E-state index in [1.54, 1.807) is 0 Å². The quantitative estimate of drug-likeness (QED) is 0.381. The van der Waals surface area contributed by atoms with Gasteiger partial charge in [0.1, 0.15) is 5.69 Å². The summed E-state index contributed by atoms with van der Waals surface area (Å²) in [6, 6.07) is 0. The topological polar surface area (TPSA) is 66.4 Å². The van der Waals surface area contributed by atoms with Gasteiger partial charge in [-0.2, -0.15) is 8.42 Å². The molecule has 0 spiro atoms. The summed E-state index contributed by atoms with van der Waals surface area (Å²) in [7, 11) is -3.67. The van der Waals surface area contributed by atoms with Crippen molar-refractivity contribution in [3.05, 3.63) is 29.1 Å². The Morgan fingerprint density at radius 3 is 1.47 bits per heavy atom. The van der Waals surface area contributed by atoms with Gasteiger partial charge in [-0.25, -0.2) is 22.0 Å². The van der Waals surface area contributed by atoms with Gasteiger partial charge in [-0.05, 0) is 6.92 Å². The van der Waals surface area contributed by atoms with Crippen molar-refractivity contribution in [3.63, 3.8) is 0 Å². The van der Waals surface area contributed by atoms with Gasteiger partial charge in [0.2, 0.25) is 5.82 Å². The van der Waals surface area contributed by atoms with Crippen molar-refractivity contribution in [3.8, 4) is 0 Å². The smallest absolute Gasteiger partial charge is 0.261 e. The molecule has 1 aromatic carbocycles. The number of nitrogens with one attached hydrogen (secondary N) is 1. The Kier molecular flexibility index (Phi) is 6.16.